The average molecular weight is 373 g/mol. The van der Waals surface area contributed by atoms with Crippen LogP contribution in [-0.2, 0) is 22.6 Å². The largest absolute Gasteiger partial charge is 0.378 e. The Bertz CT molecular complexity index is 652. The van der Waals surface area contributed by atoms with Crippen LogP contribution in [0.4, 0.5) is 5.95 Å². The standard InChI is InChI=1S/C21H32N4O2/c1-2-3-4-16-5-7-17(8-6-16)20(26)25-14-18-13-22-21(23-19(18)15-25)24-9-11-27-12-10-24/h13,16-17H,2-12,14-15H2,1H3. The van der Waals surface area contributed by atoms with Crippen molar-refractivity contribution in [1.82, 2.24) is 14.9 Å². The van der Waals surface area contributed by atoms with Crippen LogP contribution in [-0.4, -0.2) is 47.1 Å². The predicted octanol–water partition coefficient (Wildman–Crippen LogP) is 3.15. The lowest BCUT2D eigenvalue weighted by Crippen LogP contribution is -2.37. The van der Waals surface area contributed by atoms with Crippen molar-refractivity contribution in [3.05, 3.63) is 17.5 Å². The monoisotopic (exact) mass is 372 g/mol. The van der Waals surface area contributed by atoms with Gasteiger partial charge in [-0.15, -0.1) is 0 Å². The van der Waals surface area contributed by atoms with Crippen molar-refractivity contribution >= 4 is 11.9 Å². The number of carbonyl (C=O) groups excluding carboxylic acids is 1. The van der Waals surface area contributed by atoms with E-state index in [0.717, 1.165) is 62.3 Å². The molecule has 1 saturated heterocycles. The molecule has 1 amide bonds. The van der Waals surface area contributed by atoms with E-state index in [1.807, 2.05) is 11.1 Å². The summed E-state index contributed by atoms with van der Waals surface area (Å²) in [5.41, 5.74) is 2.13. The third-order valence-corrected chi connectivity index (χ3v) is 6.41. The fourth-order valence-electron chi connectivity index (χ4n) is 4.66. The first kappa shape index (κ1) is 18.7. The fourth-order valence-corrected chi connectivity index (χ4v) is 4.66. The molecule has 0 N–H and O–H groups in total. The molecule has 2 fully saturated rings. The van der Waals surface area contributed by atoms with Crippen LogP contribution in [0.2, 0.25) is 0 Å². The van der Waals surface area contributed by atoms with Gasteiger partial charge in [-0.3, -0.25) is 4.79 Å². The zero-order valence-electron chi connectivity index (χ0n) is 16.5. The van der Waals surface area contributed by atoms with Gasteiger partial charge in [0.05, 0.1) is 25.5 Å². The Balaban J connectivity index is 1.33. The maximum atomic E-state index is 13.0. The highest BCUT2D eigenvalue weighted by atomic mass is 16.5. The van der Waals surface area contributed by atoms with Crippen LogP contribution in [0.15, 0.2) is 6.20 Å². The number of hydrogen-bond donors (Lipinski definition) is 0. The van der Waals surface area contributed by atoms with Gasteiger partial charge in [0, 0.05) is 37.3 Å². The van der Waals surface area contributed by atoms with E-state index in [1.165, 1.54) is 32.1 Å². The van der Waals surface area contributed by atoms with Crippen molar-refractivity contribution in [3.63, 3.8) is 0 Å². The van der Waals surface area contributed by atoms with E-state index < -0.39 is 0 Å². The Hall–Kier alpha value is -1.69. The number of aromatic nitrogens is 2. The van der Waals surface area contributed by atoms with Crippen LogP contribution in [0.3, 0.4) is 0 Å². The van der Waals surface area contributed by atoms with Gasteiger partial charge in [0.1, 0.15) is 0 Å². The number of amides is 1. The van der Waals surface area contributed by atoms with Crippen molar-refractivity contribution in [2.75, 3.05) is 31.2 Å². The van der Waals surface area contributed by atoms with Gasteiger partial charge in [0.15, 0.2) is 0 Å². The summed E-state index contributed by atoms with van der Waals surface area (Å²) in [6.07, 6.45) is 10.4. The molecule has 1 aromatic rings. The molecule has 2 aliphatic heterocycles. The number of morpholine rings is 1. The first-order valence-corrected chi connectivity index (χ1v) is 10.7. The zero-order chi connectivity index (χ0) is 18.6. The van der Waals surface area contributed by atoms with E-state index in [4.69, 9.17) is 9.72 Å². The number of nitrogens with zero attached hydrogens (tertiary/aromatic N) is 4. The third-order valence-electron chi connectivity index (χ3n) is 6.41. The molecule has 3 heterocycles. The number of unbranched alkanes of at least 4 members (excludes halogenated alkanes) is 1. The minimum absolute atomic E-state index is 0.212. The molecule has 0 unspecified atom stereocenters. The molecule has 4 rings (SSSR count). The Morgan fingerprint density at radius 1 is 1.19 bits per heavy atom. The topological polar surface area (TPSA) is 58.6 Å². The fraction of sp³-hybridized carbons (Fsp3) is 0.762. The minimum atomic E-state index is 0.212. The summed E-state index contributed by atoms with van der Waals surface area (Å²) in [6.45, 7) is 6.70. The number of carbonyl (C=O) groups is 1. The molecule has 148 valence electrons. The van der Waals surface area contributed by atoms with E-state index in [9.17, 15) is 4.79 Å². The Labute approximate surface area is 162 Å². The van der Waals surface area contributed by atoms with Gasteiger partial charge < -0.3 is 14.5 Å². The highest BCUT2D eigenvalue weighted by Crippen LogP contribution is 2.34. The molecule has 27 heavy (non-hydrogen) atoms. The van der Waals surface area contributed by atoms with Crippen molar-refractivity contribution < 1.29 is 9.53 Å². The predicted molar refractivity (Wildman–Crippen MR) is 104 cm³/mol. The molecule has 1 aliphatic carbocycles. The summed E-state index contributed by atoms with van der Waals surface area (Å²) in [6, 6.07) is 0. The lowest BCUT2D eigenvalue weighted by molar-refractivity contribution is -0.137. The van der Waals surface area contributed by atoms with Crippen LogP contribution in [0.1, 0.15) is 63.1 Å². The van der Waals surface area contributed by atoms with E-state index in [1.54, 1.807) is 0 Å². The Morgan fingerprint density at radius 2 is 1.96 bits per heavy atom. The molecule has 3 aliphatic rings. The minimum Gasteiger partial charge on any atom is -0.378 e. The summed E-state index contributed by atoms with van der Waals surface area (Å²) in [4.78, 5) is 26.5. The summed E-state index contributed by atoms with van der Waals surface area (Å²) in [5, 5.41) is 0. The van der Waals surface area contributed by atoms with Crippen molar-refractivity contribution in [1.29, 1.82) is 0 Å². The number of anilines is 1. The van der Waals surface area contributed by atoms with Gasteiger partial charge in [-0.1, -0.05) is 26.2 Å². The van der Waals surface area contributed by atoms with Crippen LogP contribution in [0.5, 0.6) is 0 Å². The molecular weight excluding hydrogens is 340 g/mol. The van der Waals surface area contributed by atoms with Crippen molar-refractivity contribution in [2.45, 2.75) is 65.0 Å². The Kier molecular flexibility index (Phi) is 5.91. The van der Waals surface area contributed by atoms with Crippen molar-refractivity contribution in [3.8, 4) is 0 Å². The third kappa shape index (κ3) is 4.26. The first-order valence-electron chi connectivity index (χ1n) is 10.7. The molecule has 0 aromatic carbocycles. The van der Waals surface area contributed by atoms with Crippen molar-refractivity contribution in [2.24, 2.45) is 11.8 Å². The molecule has 1 aromatic heterocycles. The molecule has 0 radical (unpaired) electrons. The molecule has 0 atom stereocenters. The molecule has 0 spiro atoms. The SMILES string of the molecule is CCCCC1CCC(C(=O)N2Cc3cnc(N4CCOCC4)nc3C2)CC1. The van der Waals surface area contributed by atoms with E-state index >= 15 is 0 Å². The second-order valence-corrected chi connectivity index (χ2v) is 8.30. The summed E-state index contributed by atoms with van der Waals surface area (Å²) >= 11 is 0. The summed E-state index contributed by atoms with van der Waals surface area (Å²) in [5.74, 6) is 2.16. The highest BCUT2D eigenvalue weighted by Gasteiger charge is 2.33. The van der Waals surface area contributed by atoms with Crippen LogP contribution in [0.25, 0.3) is 0 Å². The first-order chi connectivity index (χ1) is 13.2. The van der Waals surface area contributed by atoms with E-state index in [-0.39, 0.29) is 5.92 Å². The summed E-state index contributed by atoms with van der Waals surface area (Å²) < 4.78 is 5.41. The van der Waals surface area contributed by atoms with Crippen LogP contribution in [0, 0.1) is 11.8 Å². The second-order valence-electron chi connectivity index (χ2n) is 8.30. The second kappa shape index (κ2) is 8.55. The van der Waals surface area contributed by atoms with E-state index in [2.05, 4.69) is 16.8 Å². The lowest BCUT2D eigenvalue weighted by atomic mass is 9.79. The molecule has 1 saturated carbocycles. The number of ether oxygens (including phenoxy) is 1. The highest BCUT2D eigenvalue weighted by molar-refractivity contribution is 5.79. The van der Waals surface area contributed by atoms with Gasteiger partial charge >= 0.3 is 0 Å². The normalized spacial score (nSPS) is 25.5. The lowest BCUT2D eigenvalue weighted by Gasteiger charge is -2.30. The number of hydrogen-bond acceptors (Lipinski definition) is 5. The maximum absolute atomic E-state index is 13.0. The molecule has 6 heteroatoms. The average Bonchev–Trinajstić information content (AvgIpc) is 3.16. The van der Waals surface area contributed by atoms with E-state index in [0.29, 0.717) is 19.0 Å². The molecule has 0 bridgehead atoms. The molecular formula is C21H32N4O2. The van der Waals surface area contributed by atoms with Gasteiger partial charge in [-0.2, -0.15) is 0 Å². The summed E-state index contributed by atoms with van der Waals surface area (Å²) in [7, 11) is 0. The molecule has 6 nitrogen and oxygen atoms in total. The zero-order valence-corrected chi connectivity index (χ0v) is 16.5. The smallest absolute Gasteiger partial charge is 0.226 e. The van der Waals surface area contributed by atoms with Gasteiger partial charge in [0.25, 0.3) is 0 Å². The quantitative estimate of drug-likeness (QED) is 0.795. The van der Waals surface area contributed by atoms with Crippen LogP contribution >= 0.6 is 0 Å². The van der Waals surface area contributed by atoms with Crippen LogP contribution < -0.4 is 4.90 Å². The maximum Gasteiger partial charge on any atom is 0.226 e. The van der Waals surface area contributed by atoms with Gasteiger partial charge in [-0.25, -0.2) is 9.97 Å². The van der Waals surface area contributed by atoms with Gasteiger partial charge in [-0.05, 0) is 31.6 Å². The number of rotatable bonds is 5. The van der Waals surface area contributed by atoms with Gasteiger partial charge in [0.2, 0.25) is 11.9 Å². The number of fused-ring (bicyclic) bond motifs is 1. The Morgan fingerprint density at radius 3 is 2.70 bits per heavy atom.